The van der Waals surface area contributed by atoms with E-state index in [2.05, 4.69) is 5.32 Å². The normalized spacial score (nSPS) is 12.8. The molecule has 5 nitrogen and oxygen atoms in total. The Labute approximate surface area is 122 Å². The summed E-state index contributed by atoms with van der Waals surface area (Å²) in [6, 6.07) is 10.7. The van der Waals surface area contributed by atoms with Gasteiger partial charge in [0.25, 0.3) is 5.91 Å². The van der Waals surface area contributed by atoms with Gasteiger partial charge in [0.15, 0.2) is 0 Å². The van der Waals surface area contributed by atoms with Gasteiger partial charge in [0.05, 0.1) is 26.0 Å². The van der Waals surface area contributed by atoms with Crippen LogP contribution in [0.4, 0.5) is 11.4 Å². The first-order chi connectivity index (χ1) is 10.2. The van der Waals surface area contributed by atoms with E-state index in [1.165, 1.54) is 7.11 Å². The van der Waals surface area contributed by atoms with Crippen LogP contribution in [-0.4, -0.2) is 13.0 Å². The minimum Gasteiger partial charge on any atom is -0.495 e. The molecule has 2 aromatic rings. The number of nitrogens with one attached hydrogen (secondary N) is 1. The molecule has 0 saturated heterocycles. The van der Waals surface area contributed by atoms with E-state index in [4.69, 9.17) is 15.2 Å². The quantitative estimate of drug-likeness (QED) is 0.850. The summed E-state index contributed by atoms with van der Waals surface area (Å²) in [4.78, 5) is 12.3. The van der Waals surface area contributed by atoms with Gasteiger partial charge in [0.1, 0.15) is 5.75 Å². The topological polar surface area (TPSA) is 73.6 Å². The van der Waals surface area contributed by atoms with E-state index in [0.717, 1.165) is 11.1 Å². The lowest BCUT2D eigenvalue weighted by atomic mass is 10.1. The van der Waals surface area contributed by atoms with Crippen molar-refractivity contribution in [3.05, 3.63) is 53.1 Å². The molecule has 1 aliphatic rings. The van der Waals surface area contributed by atoms with E-state index >= 15 is 0 Å². The van der Waals surface area contributed by atoms with Crippen LogP contribution in [0.2, 0.25) is 0 Å². The standard InChI is InChI=1S/C16H16N2O3/c1-20-15-7-13(4-5-14(15)17)18-16(19)10-2-3-11-8-21-9-12(11)6-10/h2-7H,8-9,17H2,1H3,(H,18,19). The number of methoxy groups -OCH3 is 1. The molecule has 2 aromatic carbocycles. The van der Waals surface area contributed by atoms with Crippen molar-refractivity contribution >= 4 is 17.3 Å². The third kappa shape index (κ3) is 2.68. The van der Waals surface area contributed by atoms with E-state index in [1.807, 2.05) is 12.1 Å². The fraction of sp³-hybridized carbons (Fsp3) is 0.188. The lowest BCUT2D eigenvalue weighted by Gasteiger charge is -2.09. The van der Waals surface area contributed by atoms with Crippen LogP contribution in [0.25, 0.3) is 0 Å². The summed E-state index contributed by atoms with van der Waals surface area (Å²) in [6.45, 7) is 1.18. The van der Waals surface area contributed by atoms with Gasteiger partial charge in [0, 0.05) is 17.3 Å². The Morgan fingerprint density at radius 2 is 2.00 bits per heavy atom. The predicted octanol–water partition coefficient (Wildman–Crippen LogP) is 2.56. The number of hydrogen-bond donors (Lipinski definition) is 2. The zero-order valence-electron chi connectivity index (χ0n) is 11.7. The first-order valence-corrected chi connectivity index (χ1v) is 6.62. The van der Waals surface area contributed by atoms with E-state index in [9.17, 15) is 4.79 Å². The molecule has 0 unspecified atom stereocenters. The number of carbonyl (C=O) groups is 1. The molecule has 3 rings (SSSR count). The van der Waals surface area contributed by atoms with Gasteiger partial charge in [-0.1, -0.05) is 6.07 Å². The lowest BCUT2D eigenvalue weighted by Crippen LogP contribution is -2.12. The van der Waals surface area contributed by atoms with Crippen LogP contribution in [0.1, 0.15) is 21.5 Å². The maximum absolute atomic E-state index is 12.3. The number of anilines is 2. The Balaban J connectivity index is 1.80. The molecule has 0 bridgehead atoms. The average molecular weight is 284 g/mol. The Kier molecular flexibility index (Phi) is 3.50. The summed E-state index contributed by atoms with van der Waals surface area (Å²) < 4.78 is 10.5. The molecular formula is C16H16N2O3. The van der Waals surface area contributed by atoms with E-state index in [0.29, 0.717) is 35.9 Å². The van der Waals surface area contributed by atoms with Crippen LogP contribution >= 0.6 is 0 Å². The Bertz CT molecular complexity index is 698. The van der Waals surface area contributed by atoms with Crippen molar-refractivity contribution in [2.24, 2.45) is 0 Å². The number of ether oxygens (including phenoxy) is 2. The molecule has 0 radical (unpaired) electrons. The van der Waals surface area contributed by atoms with Gasteiger partial charge < -0.3 is 20.5 Å². The molecule has 5 heteroatoms. The zero-order chi connectivity index (χ0) is 14.8. The maximum atomic E-state index is 12.3. The van der Waals surface area contributed by atoms with Crippen molar-refractivity contribution in [1.29, 1.82) is 0 Å². The van der Waals surface area contributed by atoms with E-state index < -0.39 is 0 Å². The SMILES string of the molecule is COc1cc(NC(=O)c2ccc3c(c2)COC3)ccc1N. The molecule has 1 aliphatic heterocycles. The van der Waals surface area contributed by atoms with Gasteiger partial charge in [-0.15, -0.1) is 0 Å². The summed E-state index contributed by atoms with van der Waals surface area (Å²) in [7, 11) is 1.54. The fourth-order valence-electron chi connectivity index (χ4n) is 2.31. The number of carbonyl (C=O) groups excluding carboxylic acids is 1. The Morgan fingerprint density at radius 3 is 2.81 bits per heavy atom. The van der Waals surface area contributed by atoms with Gasteiger partial charge >= 0.3 is 0 Å². The van der Waals surface area contributed by atoms with Crippen LogP contribution in [-0.2, 0) is 18.0 Å². The van der Waals surface area contributed by atoms with Gasteiger partial charge in [-0.05, 0) is 35.4 Å². The van der Waals surface area contributed by atoms with Crippen LogP contribution < -0.4 is 15.8 Å². The number of fused-ring (bicyclic) bond motifs is 1. The molecule has 0 atom stereocenters. The Hall–Kier alpha value is -2.53. The van der Waals surface area contributed by atoms with Gasteiger partial charge in [-0.25, -0.2) is 0 Å². The molecule has 0 saturated carbocycles. The summed E-state index contributed by atoms with van der Waals surface area (Å²) in [5, 5.41) is 2.84. The highest BCUT2D eigenvalue weighted by Crippen LogP contribution is 2.26. The molecular weight excluding hydrogens is 268 g/mol. The molecule has 0 aromatic heterocycles. The molecule has 3 N–H and O–H groups in total. The largest absolute Gasteiger partial charge is 0.495 e. The van der Waals surface area contributed by atoms with Crippen molar-refractivity contribution in [2.45, 2.75) is 13.2 Å². The van der Waals surface area contributed by atoms with Crippen LogP contribution in [0.15, 0.2) is 36.4 Å². The molecule has 0 spiro atoms. The zero-order valence-corrected chi connectivity index (χ0v) is 11.7. The average Bonchev–Trinajstić information content (AvgIpc) is 2.96. The maximum Gasteiger partial charge on any atom is 0.255 e. The summed E-state index contributed by atoms with van der Waals surface area (Å²) in [5.74, 6) is 0.367. The number of rotatable bonds is 3. The van der Waals surface area contributed by atoms with Crippen molar-refractivity contribution in [3.63, 3.8) is 0 Å². The molecule has 1 amide bonds. The highest BCUT2D eigenvalue weighted by molar-refractivity contribution is 6.04. The van der Waals surface area contributed by atoms with E-state index in [-0.39, 0.29) is 5.91 Å². The smallest absolute Gasteiger partial charge is 0.255 e. The highest BCUT2D eigenvalue weighted by Gasteiger charge is 2.14. The second kappa shape index (κ2) is 5.46. The third-order valence-electron chi connectivity index (χ3n) is 3.47. The van der Waals surface area contributed by atoms with E-state index in [1.54, 1.807) is 24.3 Å². The first kappa shape index (κ1) is 13.5. The molecule has 21 heavy (non-hydrogen) atoms. The number of benzene rings is 2. The highest BCUT2D eigenvalue weighted by atomic mass is 16.5. The molecule has 1 heterocycles. The second-order valence-electron chi connectivity index (χ2n) is 4.89. The van der Waals surface area contributed by atoms with Crippen molar-refractivity contribution in [2.75, 3.05) is 18.2 Å². The van der Waals surface area contributed by atoms with Gasteiger partial charge in [0.2, 0.25) is 0 Å². The van der Waals surface area contributed by atoms with Crippen molar-refractivity contribution < 1.29 is 14.3 Å². The van der Waals surface area contributed by atoms with Crippen LogP contribution in [0, 0.1) is 0 Å². The molecule has 108 valence electrons. The molecule has 0 aliphatic carbocycles. The van der Waals surface area contributed by atoms with Crippen LogP contribution in [0.5, 0.6) is 5.75 Å². The molecule has 0 fully saturated rings. The summed E-state index contributed by atoms with van der Waals surface area (Å²) >= 11 is 0. The monoisotopic (exact) mass is 284 g/mol. The minimum atomic E-state index is -0.170. The van der Waals surface area contributed by atoms with Gasteiger partial charge in [-0.2, -0.15) is 0 Å². The van der Waals surface area contributed by atoms with Crippen LogP contribution in [0.3, 0.4) is 0 Å². The second-order valence-corrected chi connectivity index (χ2v) is 4.89. The fourth-order valence-corrected chi connectivity index (χ4v) is 2.31. The summed E-state index contributed by atoms with van der Waals surface area (Å²) in [5.41, 5.74) is 9.74. The van der Waals surface area contributed by atoms with Crippen molar-refractivity contribution in [3.8, 4) is 5.75 Å². The van der Waals surface area contributed by atoms with Gasteiger partial charge in [-0.3, -0.25) is 4.79 Å². The first-order valence-electron chi connectivity index (χ1n) is 6.62. The van der Waals surface area contributed by atoms with Crippen molar-refractivity contribution in [1.82, 2.24) is 0 Å². The number of nitrogens with two attached hydrogens (primary N) is 1. The number of nitrogen functional groups attached to an aromatic ring is 1. The number of amides is 1. The number of hydrogen-bond acceptors (Lipinski definition) is 4. The third-order valence-corrected chi connectivity index (χ3v) is 3.47. The Morgan fingerprint density at radius 1 is 1.19 bits per heavy atom. The minimum absolute atomic E-state index is 0.170. The predicted molar refractivity (Wildman–Crippen MR) is 80.3 cm³/mol. The summed E-state index contributed by atoms with van der Waals surface area (Å²) in [6.07, 6.45) is 0. The lowest BCUT2D eigenvalue weighted by molar-refractivity contribution is 0.102.